The molecule has 1 rings (SSSR count). The van der Waals surface area contributed by atoms with E-state index in [0.29, 0.717) is 0 Å². The minimum atomic E-state index is 0.989. The molecule has 0 aromatic carbocycles. The fourth-order valence-electron chi connectivity index (χ4n) is 1.14. The Kier molecular flexibility index (Phi) is 4.19. The monoisotopic (exact) mass is 181 g/mol. The molecule has 12 heavy (non-hydrogen) atoms. The lowest BCUT2D eigenvalue weighted by molar-refractivity contribution is 0.796. The Balaban J connectivity index is 2.78. The van der Waals surface area contributed by atoms with Crippen LogP contribution in [0.4, 0.5) is 0 Å². The van der Waals surface area contributed by atoms with Crippen molar-refractivity contribution < 1.29 is 0 Å². The molecular weight excluding hydrogens is 166 g/mol. The van der Waals surface area contributed by atoms with Crippen LogP contribution in [0.25, 0.3) is 0 Å². The minimum absolute atomic E-state index is 0.989. The topological polar surface area (TPSA) is 12.0 Å². The Morgan fingerprint density at radius 2 is 2.42 bits per heavy atom. The van der Waals surface area contributed by atoms with E-state index in [0.717, 1.165) is 18.8 Å². The maximum Gasteiger partial charge on any atom is 0.0213 e. The van der Waals surface area contributed by atoms with Crippen LogP contribution in [0.2, 0.25) is 0 Å². The first-order valence-electron chi connectivity index (χ1n) is 4.20. The maximum absolute atomic E-state index is 3.72. The lowest BCUT2D eigenvalue weighted by atomic mass is 10.2. The number of thioether (sulfide) groups is 1. The quantitative estimate of drug-likeness (QED) is 0.666. The third-order valence-corrected chi connectivity index (χ3v) is 2.90. The summed E-state index contributed by atoms with van der Waals surface area (Å²) in [5.41, 5.74) is 1.39. The van der Waals surface area contributed by atoms with Gasteiger partial charge in [-0.25, -0.2) is 0 Å². The second-order valence-electron chi connectivity index (χ2n) is 2.61. The molecule has 0 amide bonds. The molecule has 1 aliphatic heterocycles. The van der Waals surface area contributed by atoms with E-state index in [-0.39, 0.29) is 0 Å². The third-order valence-electron chi connectivity index (χ3n) is 1.79. The molecule has 0 bridgehead atoms. The molecule has 1 N–H and O–H groups in total. The molecule has 0 atom stereocenters. The molecule has 1 nitrogen and oxygen atoms in total. The molecular formula is C10H15NS. The van der Waals surface area contributed by atoms with Crippen molar-refractivity contribution in [3.8, 4) is 0 Å². The van der Waals surface area contributed by atoms with Gasteiger partial charge in [0.2, 0.25) is 0 Å². The molecule has 1 fully saturated rings. The Hall–Kier alpha value is -0.470. The van der Waals surface area contributed by atoms with Gasteiger partial charge in [-0.2, -0.15) is 0 Å². The van der Waals surface area contributed by atoms with E-state index in [1.165, 1.54) is 10.5 Å². The lowest BCUT2D eigenvalue weighted by Crippen LogP contribution is -2.16. The Labute approximate surface area is 78.6 Å². The SMILES string of the molecule is C=C/C=C1/SCCNC/C1=C/C. The van der Waals surface area contributed by atoms with Gasteiger partial charge in [-0.1, -0.05) is 18.7 Å². The van der Waals surface area contributed by atoms with Gasteiger partial charge in [0.1, 0.15) is 0 Å². The van der Waals surface area contributed by atoms with Gasteiger partial charge in [-0.05, 0) is 18.6 Å². The molecule has 1 saturated heterocycles. The second-order valence-corrected chi connectivity index (χ2v) is 3.74. The van der Waals surface area contributed by atoms with Crippen LogP contribution < -0.4 is 5.32 Å². The summed E-state index contributed by atoms with van der Waals surface area (Å²) in [5, 5.41) is 3.37. The van der Waals surface area contributed by atoms with E-state index in [2.05, 4.69) is 31.0 Å². The predicted octanol–water partition coefficient (Wildman–Crippen LogP) is 2.34. The van der Waals surface area contributed by atoms with Crippen molar-refractivity contribution in [2.45, 2.75) is 6.92 Å². The van der Waals surface area contributed by atoms with Gasteiger partial charge in [0, 0.05) is 23.7 Å². The third kappa shape index (κ3) is 2.54. The summed E-state index contributed by atoms with van der Waals surface area (Å²) in [6.45, 7) is 7.88. The largest absolute Gasteiger partial charge is 0.312 e. The summed E-state index contributed by atoms with van der Waals surface area (Å²) < 4.78 is 0. The van der Waals surface area contributed by atoms with Crippen molar-refractivity contribution in [3.63, 3.8) is 0 Å². The van der Waals surface area contributed by atoms with Crippen LogP contribution in [0.5, 0.6) is 0 Å². The number of allylic oxidation sites excluding steroid dienone is 3. The first kappa shape index (κ1) is 9.62. The molecule has 2 heteroatoms. The molecule has 0 saturated carbocycles. The Morgan fingerprint density at radius 1 is 1.58 bits per heavy atom. The molecule has 0 unspecified atom stereocenters. The highest BCUT2D eigenvalue weighted by atomic mass is 32.2. The van der Waals surface area contributed by atoms with E-state index in [1.54, 1.807) is 0 Å². The highest BCUT2D eigenvalue weighted by molar-refractivity contribution is 8.03. The fourth-order valence-corrected chi connectivity index (χ4v) is 2.18. The van der Waals surface area contributed by atoms with Crippen molar-refractivity contribution in [2.24, 2.45) is 0 Å². The number of nitrogens with one attached hydrogen (secondary N) is 1. The molecule has 1 heterocycles. The van der Waals surface area contributed by atoms with E-state index in [9.17, 15) is 0 Å². The summed E-state index contributed by atoms with van der Waals surface area (Å²) in [7, 11) is 0. The van der Waals surface area contributed by atoms with Crippen LogP contribution in [0.3, 0.4) is 0 Å². The average Bonchev–Trinajstić information content (AvgIpc) is 2.30. The van der Waals surface area contributed by atoms with E-state index >= 15 is 0 Å². The van der Waals surface area contributed by atoms with Gasteiger partial charge in [-0.15, -0.1) is 11.8 Å². The molecule has 0 radical (unpaired) electrons. The van der Waals surface area contributed by atoms with Crippen LogP contribution in [0, 0.1) is 0 Å². The first-order chi connectivity index (χ1) is 5.88. The van der Waals surface area contributed by atoms with Crippen LogP contribution in [0.1, 0.15) is 6.92 Å². The summed E-state index contributed by atoms with van der Waals surface area (Å²) in [6, 6.07) is 0. The second kappa shape index (κ2) is 5.22. The highest BCUT2D eigenvalue weighted by Gasteiger charge is 2.07. The van der Waals surface area contributed by atoms with E-state index in [4.69, 9.17) is 0 Å². The smallest absolute Gasteiger partial charge is 0.0213 e. The minimum Gasteiger partial charge on any atom is -0.312 e. The van der Waals surface area contributed by atoms with E-state index < -0.39 is 0 Å². The number of hydrogen-bond donors (Lipinski definition) is 1. The summed E-state index contributed by atoms with van der Waals surface area (Å²) in [4.78, 5) is 1.36. The number of hydrogen-bond acceptors (Lipinski definition) is 2. The Bertz CT molecular complexity index is 216. The molecule has 66 valence electrons. The van der Waals surface area contributed by atoms with Crippen molar-refractivity contribution in [3.05, 3.63) is 35.3 Å². The number of rotatable bonds is 1. The van der Waals surface area contributed by atoms with Crippen molar-refractivity contribution in [1.82, 2.24) is 5.32 Å². The molecule has 1 aliphatic rings. The van der Waals surface area contributed by atoms with Crippen molar-refractivity contribution in [2.75, 3.05) is 18.8 Å². The zero-order valence-electron chi connectivity index (χ0n) is 7.47. The maximum atomic E-state index is 3.72. The van der Waals surface area contributed by atoms with Gasteiger partial charge in [0.25, 0.3) is 0 Å². The Morgan fingerprint density at radius 3 is 3.08 bits per heavy atom. The van der Waals surface area contributed by atoms with Gasteiger partial charge in [0.15, 0.2) is 0 Å². The lowest BCUT2D eigenvalue weighted by Gasteiger charge is -2.04. The van der Waals surface area contributed by atoms with Crippen LogP contribution in [-0.2, 0) is 0 Å². The normalized spacial score (nSPS) is 25.8. The van der Waals surface area contributed by atoms with Gasteiger partial charge < -0.3 is 5.32 Å². The van der Waals surface area contributed by atoms with E-state index in [1.807, 2.05) is 17.8 Å². The van der Waals surface area contributed by atoms with Gasteiger partial charge in [-0.3, -0.25) is 0 Å². The zero-order chi connectivity index (χ0) is 8.81. The van der Waals surface area contributed by atoms with Crippen molar-refractivity contribution >= 4 is 11.8 Å². The first-order valence-corrected chi connectivity index (χ1v) is 5.19. The molecule has 0 aromatic heterocycles. The summed E-state index contributed by atoms with van der Waals surface area (Å²) in [6.07, 6.45) is 6.12. The van der Waals surface area contributed by atoms with Gasteiger partial charge >= 0.3 is 0 Å². The summed E-state index contributed by atoms with van der Waals surface area (Å²) in [5.74, 6) is 1.15. The molecule has 0 aliphatic carbocycles. The predicted molar refractivity (Wildman–Crippen MR) is 57.4 cm³/mol. The van der Waals surface area contributed by atoms with Crippen LogP contribution in [-0.4, -0.2) is 18.8 Å². The molecule has 0 spiro atoms. The summed E-state index contributed by atoms with van der Waals surface area (Å²) >= 11 is 1.90. The van der Waals surface area contributed by atoms with Crippen molar-refractivity contribution in [1.29, 1.82) is 0 Å². The standard InChI is InChI=1S/C10H15NS/c1-3-5-10-9(4-2)8-11-6-7-12-10/h3-5,11H,1,6-8H2,2H3/b9-4-,10-5+. The molecule has 0 aromatic rings. The van der Waals surface area contributed by atoms with Gasteiger partial charge in [0.05, 0.1) is 0 Å². The zero-order valence-corrected chi connectivity index (χ0v) is 8.29. The average molecular weight is 181 g/mol. The van der Waals surface area contributed by atoms with Crippen LogP contribution >= 0.6 is 11.8 Å². The highest BCUT2D eigenvalue weighted by Crippen LogP contribution is 2.25. The fraction of sp³-hybridized carbons (Fsp3) is 0.400. The van der Waals surface area contributed by atoms with Crippen LogP contribution in [0.15, 0.2) is 35.3 Å².